The van der Waals surface area contributed by atoms with Gasteiger partial charge >= 0.3 is 37.7 Å². The van der Waals surface area contributed by atoms with E-state index in [9.17, 15) is 19.8 Å². The smallest absolute Gasteiger partial charge is 0.547 e. The summed E-state index contributed by atoms with van der Waals surface area (Å²) in [6, 6.07) is 0. The third-order valence-corrected chi connectivity index (χ3v) is 2.41. The van der Waals surface area contributed by atoms with Crippen LogP contribution in [0.4, 0.5) is 0 Å². The van der Waals surface area contributed by atoms with Crippen molar-refractivity contribution < 1.29 is 19.8 Å². The summed E-state index contributed by atoms with van der Waals surface area (Å²) in [6.45, 7) is 0. The van der Waals surface area contributed by atoms with Gasteiger partial charge in [-0.1, -0.05) is 95.6 Å². The monoisotopic (exact) mass is 625 g/mol. The number of carbonyl (C=O) groups excluding carboxylic acids is 2. The fraction of sp³-hybridized carbons (Fsp3) is 0.500. The van der Waals surface area contributed by atoms with Gasteiger partial charge in [0.1, 0.15) is 0 Å². The number of hydrogen-bond acceptors (Lipinski definition) is 4. The van der Waals surface area contributed by atoms with E-state index in [-0.39, 0.29) is 37.7 Å². The molecule has 0 aliphatic heterocycles. The number of rotatable bonds is 0. The van der Waals surface area contributed by atoms with Gasteiger partial charge in [-0.15, -0.1) is 0 Å². The molecule has 4 nitrogen and oxygen atoms in total. The molecule has 15 heavy (non-hydrogen) atoms. The topological polar surface area (TPSA) is 80.3 Å². The molecule has 0 saturated heterocycles. The molecule has 0 spiro atoms. The molecule has 0 radical (unpaired) electrons. The first-order chi connectivity index (χ1) is 5.89. The van der Waals surface area contributed by atoms with Gasteiger partial charge in [0.25, 0.3) is 0 Å². The fourth-order valence-corrected chi connectivity index (χ4v) is 0. The van der Waals surface area contributed by atoms with Crippen molar-refractivity contribution >= 4 is 145 Å². The molecule has 0 fully saturated rings. The molecule has 0 unspecified atom stereocenters. The van der Waals surface area contributed by atoms with Crippen molar-refractivity contribution in [3.05, 3.63) is 0 Å². The van der Waals surface area contributed by atoms with E-state index in [1.165, 1.54) is 0 Å². The maximum atomic E-state index is 9.77. The molecule has 0 rings (SSSR count). The first-order valence-electron chi connectivity index (χ1n) is 2.45. The number of aliphatic carboxylic acids is 2. The number of carboxylic acid groups (broad SMARTS) is 2. The van der Waals surface area contributed by atoms with Crippen LogP contribution in [0.1, 0.15) is 0 Å². The second kappa shape index (κ2) is 9.94. The molecular formula is C4Br6CaO4. The number of carboxylic acids is 2. The number of carbonyl (C=O) groups is 2. The predicted molar refractivity (Wildman–Crippen MR) is 74.8 cm³/mol. The van der Waals surface area contributed by atoms with Crippen LogP contribution < -0.4 is 10.2 Å². The molecule has 84 valence electrons. The first kappa shape index (κ1) is 23.2. The van der Waals surface area contributed by atoms with Gasteiger partial charge in [-0.05, 0) is 0 Å². The molecule has 11 heteroatoms. The Labute approximate surface area is 166 Å². The second-order valence-electron chi connectivity index (χ2n) is 1.57. The van der Waals surface area contributed by atoms with Crippen molar-refractivity contribution in [2.45, 2.75) is 4.29 Å². The van der Waals surface area contributed by atoms with E-state index in [4.69, 9.17) is 0 Å². The molecule has 0 aliphatic rings. The van der Waals surface area contributed by atoms with Gasteiger partial charge in [-0.3, -0.25) is 0 Å². The normalized spacial score (nSPS) is 10.5. The Morgan fingerprint density at radius 2 is 0.800 bits per heavy atom. The number of alkyl halides is 6. The summed E-state index contributed by atoms with van der Waals surface area (Å²) >= 11 is 16.3. The standard InChI is InChI=1S/2C2HBr3O2.Ca/c2*3-2(4,5)1(6)7;/h2*(H,6,7);/q;;+2/p-2. The number of hydrogen-bond donors (Lipinski definition) is 0. The van der Waals surface area contributed by atoms with Crippen molar-refractivity contribution in [2.75, 3.05) is 0 Å². The van der Waals surface area contributed by atoms with Crippen molar-refractivity contribution in [3.63, 3.8) is 0 Å². The summed E-state index contributed by atoms with van der Waals surface area (Å²) in [5, 5.41) is 19.5. The van der Waals surface area contributed by atoms with E-state index in [1.54, 1.807) is 0 Å². The van der Waals surface area contributed by atoms with Crippen LogP contribution in [0.25, 0.3) is 0 Å². The molecular weight excluding hydrogens is 632 g/mol. The van der Waals surface area contributed by atoms with E-state index in [2.05, 4.69) is 95.6 Å². The third kappa shape index (κ3) is 17.1. The SMILES string of the molecule is O=C([O-])C(Br)(Br)Br.O=C([O-])C(Br)(Br)Br.[Ca+2]. The minimum absolute atomic E-state index is 0. The largest absolute Gasteiger partial charge is 2.00 e. The maximum absolute atomic E-state index is 9.77. The van der Waals surface area contributed by atoms with Crippen LogP contribution in [0.3, 0.4) is 0 Å². The minimum atomic E-state index is -1.26. The molecule has 0 aromatic heterocycles. The fourth-order valence-electron chi connectivity index (χ4n) is 0. The molecule has 0 aromatic rings. The Bertz CT molecular complexity index is 196. The molecule has 0 N–H and O–H groups in total. The molecule has 0 aliphatic carbocycles. The zero-order chi connectivity index (χ0) is 12.2. The third-order valence-electron chi connectivity index (χ3n) is 0.463. The average Bonchev–Trinajstić information content (AvgIpc) is 1.83. The van der Waals surface area contributed by atoms with Crippen LogP contribution in [0.15, 0.2) is 0 Å². The predicted octanol–water partition coefficient (Wildman–Crippen LogP) is 0.769. The Balaban J connectivity index is -0.000000180. The van der Waals surface area contributed by atoms with Crippen LogP contribution in [-0.4, -0.2) is 54.0 Å². The van der Waals surface area contributed by atoms with Crippen molar-refractivity contribution in [3.8, 4) is 0 Å². The van der Waals surface area contributed by atoms with Gasteiger partial charge in [-0.2, -0.15) is 0 Å². The molecule has 0 heterocycles. The second-order valence-corrected chi connectivity index (χ2v) is 15.1. The average molecular weight is 632 g/mol. The Hall–Kier alpha value is 3.08. The molecule has 0 amide bonds. The van der Waals surface area contributed by atoms with Gasteiger partial charge in [-0.25, -0.2) is 0 Å². The van der Waals surface area contributed by atoms with Gasteiger partial charge in [0, 0.05) is 0 Å². The van der Waals surface area contributed by atoms with E-state index in [1.807, 2.05) is 0 Å². The summed E-state index contributed by atoms with van der Waals surface area (Å²) in [5.41, 5.74) is 0. The van der Waals surface area contributed by atoms with Crippen LogP contribution in [-0.2, 0) is 9.59 Å². The minimum Gasteiger partial charge on any atom is -0.547 e. The number of halogens is 6. The summed E-state index contributed by atoms with van der Waals surface area (Å²) in [6.07, 6.45) is 0. The maximum Gasteiger partial charge on any atom is 2.00 e. The molecule has 0 bridgehead atoms. The van der Waals surface area contributed by atoms with Gasteiger partial charge in [0.15, 0.2) is 4.29 Å². The molecule has 0 atom stereocenters. The van der Waals surface area contributed by atoms with Gasteiger partial charge in [0.05, 0.1) is 11.9 Å². The molecule has 0 aromatic carbocycles. The zero-order valence-electron chi connectivity index (χ0n) is 6.61. The van der Waals surface area contributed by atoms with E-state index < -0.39 is 16.2 Å². The molecule has 0 saturated carbocycles. The van der Waals surface area contributed by atoms with Crippen LogP contribution in [0.2, 0.25) is 0 Å². The summed E-state index contributed by atoms with van der Waals surface area (Å²) in [4.78, 5) is 19.5. The Morgan fingerprint density at radius 1 is 0.733 bits per heavy atom. The quantitative estimate of drug-likeness (QED) is 0.293. The van der Waals surface area contributed by atoms with E-state index >= 15 is 0 Å². The van der Waals surface area contributed by atoms with Crippen LogP contribution in [0, 0.1) is 0 Å². The summed E-state index contributed by atoms with van der Waals surface area (Å²) in [5.74, 6) is -2.51. The van der Waals surface area contributed by atoms with Crippen molar-refractivity contribution in [1.29, 1.82) is 0 Å². The van der Waals surface area contributed by atoms with Gasteiger partial charge < -0.3 is 19.8 Å². The van der Waals surface area contributed by atoms with Gasteiger partial charge in [0.2, 0.25) is 0 Å². The van der Waals surface area contributed by atoms with Crippen LogP contribution in [0.5, 0.6) is 0 Å². The zero-order valence-corrected chi connectivity index (χ0v) is 18.3. The summed E-state index contributed by atoms with van der Waals surface area (Å²) in [7, 11) is 0. The summed E-state index contributed by atoms with van der Waals surface area (Å²) < 4.78 is -2.51. The Morgan fingerprint density at radius 3 is 0.800 bits per heavy atom. The van der Waals surface area contributed by atoms with E-state index in [0.29, 0.717) is 0 Å². The van der Waals surface area contributed by atoms with E-state index in [0.717, 1.165) is 0 Å². The van der Waals surface area contributed by atoms with Crippen LogP contribution >= 0.6 is 95.6 Å². The van der Waals surface area contributed by atoms with Crippen molar-refractivity contribution in [2.24, 2.45) is 0 Å². The van der Waals surface area contributed by atoms with Crippen molar-refractivity contribution in [1.82, 2.24) is 0 Å². The Kier molecular flexibility index (Phi) is 15.4. The first-order valence-corrected chi connectivity index (χ1v) is 7.21.